The molecule has 0 aliphatic heterocycles. The fourth-order valence-corrected chi connectivity index (χ4v) is 2.02. The number of ether oxygens (including phenoxy) is 1. The minimum Gasteiger partial charge on any atom is -0.507 e. The Kier molecular flexibility index (Phi) is 5.55. The standard InChI is InChI=1S/C16H15BrN2O3/c1-11(22-14-5-3-2-4-6-14)16(21)19-18-10-12-9-13(17)7-8-15(12)20/h2-11,20H,1H3,(H,19,21)/b18-10-/t11-/m0/s1. The van der Waals surface area contributed by atoms with Crippen molar-refractivity contribution in [3.63, 3.8) is 0 Å². The molecule has 2 aromatic rings. The zero-order valence-electron chi connectivity index (χ0n) is 11.9. The number of carbonyl (C=O) groups excluding carboxylic acids is 1. The van der Waals surface area contributed by atoms with Gasteiger partial charge in [0.25, 0.3) is 5.91 Å². The zero-order valence-corrected chi connectivity index (χ0v) is 13.4. The molecule has 5 nitrogen and oxygen atoms in total. The number of rotatable bonds is 5. The van der Waals surface area contributed by atoms with Crippen LogP contribution in [-0.2, 0) is 4.79 Å². The van der Waals surface area contributed by atoms with Gasteiger partial charge in [0.15, 0.2) is 6.10 Å². The third-order valence-electron chi connectivity index (χ3n) is 2.79. The fraction of sp³-hybridized carbons (Fsp3) is 0.125. The van der Waals surface area contributed by atoms with Gasteiger partial charge < -0.3 is 9.84 Å². The van der Waals surface area contributed by atoms with E-state index in [1.54, 1.807) is 31.2 Å². The highest BCUT2D eigenvalue weighted by Crippen LogP contribution is 2.19. The Balaban J connectivity index is 1.91. The smallest absolute Gasteiger partial charge is 0.280 e. The molecule has 0 aliphatic rings. The van der Waals surface area contributed by atoms with Gasteiger partial charge >= 0.3 is 0 Å². The van der Waals surface area contributed by atoms with Gasteiger partial charge in [0.1, 0.15) is 11.5 Å². The van der Waals surface area contributed by atoms with Crippen molar-refractivity contribution in [2.45, 2.75) is 13.0 Å². The summed E-state index contributed by atoms with van der Waals surface area (Å²) in [5.74, 6) is 0.308. The van der Waals surface area contributed by atoms with Crippen molar-refractivity contribution in [3.8, 4) is 11.5 Å². The van der Waals surface area contributed by atoms with Gasteiger partial charge in [-0.25, -0.2) is 5.43 Å². The Labute approximate surface area is 136 Å². The monoisotopic (exact) mass is 362 g/mol. The van der Waals surface area contributed by atoms with Crippen molar-refractivity contribution in [2.75, 3.05) is 0 Å². The normalized spacial score (nSPS) is 12.1. The number of hydrazone groups is 1. The Morgan fingerprint density at radius 1 is 1.32 bits per heavy atom. The van der Waals surface area contributed by atoms with E-state index in [0.717, 1.165) is 4.47 Å². The SMILES string of the molecule is C[C@H](Oc1ccccc1)C(=O)N/N=C\c1cc(Br)ccc1O. The molecule has 0 aromatic heterocycles. The summed E-state index contributed by atoms with van der Waals surface area (Å²) in [6.07, 6.45) is 0.684. The molecule has 1 amide bonds. The van der Waals surface area contributed by atoms with Crippen LogP contribution in [0.5, 0.6) is 11.5 Å². The van der Waals surface area contributed by atoms with E-state index >= 15 is 0 Å². The summed E-state index contributed by atoms with van der Waals surface area (Å²) in [6.45, 7) is 1.63. The van der Waals surface area contributed by atoms with E-state index in [1.165, 1.54) is 12.3 Å². The highest BCUT2D eigenvalue weighted by atomic mass is 79.9. The van der Waals surface area contributed by atoms with Crippen molar-refractivity contribution in [2.24, 2.45) is 5.10 Å². The highest BCUT2D eigenvalue weighted by molar-refractivity contribution is 9.10. The second-order valence-corrected chi connectivity index (χ2v) is 5.43. The predicted molar refractivity (Wildman–Crippen MR) is 88.1 cm³/mol. The number of hydrogen-bond acceptors (Lipinski definition) is 4. The van der Waals surface area contributed by atoms with E-state index in [0.29, 0.717) is 11.3 Å². The number of halogens is 1. The Bertz CT molecular complexity index is 674. The second kappa shape index (κ2) is 7.61. The molecule has 0 aliphatic carbocycles. The molecule has 0 saturated heterocycles. The minimum atomic E-state index is -0.685. The van der Waals surface area contributed by atoms with E-state index in [-0.39, 0.29) is 11.7 Å². The number of benzene rings is 2. The van der Waals surface area contributed by atoms with Crippen LogP contribution in [0.4, 0.5) is 0 Å². The molecule has 114 valence electrons. The molecule has 6 heteroatoms. The summed E-state index contributed by atoms with van der Waals surface area (Å²) in [7, 11) is 0. The number of carbonyl (C=O) groups is 1. The number of phenolic OH excluding ortho intramolecular Hbond substituents is 1. The lowest BCUT2D eigenvalue weighted by molar-refractivity contribution is -0.127. The largest absolute Gasteiger partial charge is 0.507 e. The third kappa shape index (κ3) is 4.60. The molecule has 0 bridgehead atoms. The van der Waals surface area contributed by atoms with Gasteiger partial charge in [0, 0.05) is 10.0 Å². The Morgan fingerprint density at radius 3 is 2.77 bits per heavy atom. The van der Waals surface area contributed by atoms with Gasteiger partial charge in [-0.1, -0.05) is 34.1 Å². The van der Waals surface area contributed by atoms with Crippen LogP contribution in [0.2, 0.25) is 0 Å². The molecular formula is C16H15BrN2O3. The Morgan fingerprint density at radius 2 is 2.05 bits per heavy atom. The first-order valence-corrected chi connectivity index (χ1v) is 7.38. The summed E-state index contributed by atoms with van der Waals surface area (Å²) in [5, 5.41) is 13.5. The summed E-state index contributed by atoms with van der Waals surface area (Å²) in [4.78, 5) is 11.9. The van der Waals surface area contributed by atoms with E-state index in [4.69, 9.17) is 4.74 Å². The second-order valence-electron chi connectivity index (χ2n) is 4.51. The molecule has 22 heavy (non-hydrogen) atoms. The van der Waals surface area contributed by atoms with Crippen molar-refractivity contribution in [1.29, 1.82) is 0 Å². The van der Waals surface area contributed by atoms with Crippen molar-refractivity contribution in [3.05, 3.63) is 58.6 Å². The van der Waals surface area contributed by atoms with Gasteiger partial charge in [-0.15, -0.1) is 0 Å². The molecule has 1 atom stereocenters. The van der Waals surface area contributed by atoms with Crippen LogP contribution in [0.1, 0.15) is 12.5 Å². The van der Waals surface area contributed by atoms with Crippen molar-refractivity contribution in [1.82, 2.24) is 5.43 Å². The first kappa shape index (κ1) is 16.0. The topological polar surface area (TPSA) is 70.9 Å². The number of para-hydroxylation sites is 1. The maximum absolute atomic E-state index is 11.9. The number of nitrogens with one attached hydrogen (secondary N) is 1. The lowest BCUT2D eigenvalue weighted by atomic mass is 10.2. The highest BCUT2D eigenvalue weighted by Gasteiger charge is 2.13. The van der Waals surface area contributed by atoms with E-state index < -0.39 is 6.10 Å². The maximum atomic E-state index is 11.9. The van der Waals surface area contributed by atoms with Crippen LogP contribution < -0.4 is 10.2 Å². The van der Waals surface area contributed by atoms with Crippen LogP contribution in [0.15, 0.2) is 58.1 Å². The van der Waals surface area contributed by atoms with Crippen LogP contribution >= 0.6 is 15.9 Å². The van der Waals surface area contributed by atoms with Crippen LogP contribution in [0.25, 0.3) is 0 Å². The average Bonchev–Trinajstić information content (AvgIpc) is 2.51. The lowest BCUT2D eigenvalue weighted by Gasteiger charge is -2.12. The van der Waals surface area contributed by atoms with Crippen LogP contribution in [0.3, 0.4) is 0 Å². The van der Waals surface area contributed by atoms with E-state index in [1.807, 2.05) is 18.2 Å². The third-order valence-corrected chi connectivity index (χ3v) is 3.29. The predicted octanol–water partition coefficient (Wildman–Crippen LogP) is 3.07. The van der Waals surface area contributed by atoms with E-state index in [9.17, 15) is 9.90 Å². The van der Waals surface area contributed by atoms with Crippen molar-refractivity contribution < 1.29 is 14.6 Å². The van der Waals surface area contributed by atoms with Gasteiger partial charge in [-0.2, -0.15) is 5.10 Å². The van der Waals surface area contributed by atoms with Gasteiger partial charge in [-0.3, -0.25) is 4.79 Å². The first-order chi connectivity index (χ1) is 10.6. The molecule has 0 fully saturated rings. The first-order valence-electron chi connectivity index (χ1n) is 6.59. The summed E-state index contributed by atoms with van der Waals surface area (Å²) in [6, 6.07) is 14.0. The molecule has 2 rings (SSSR count). The molecule has 0 radical (unpaired) electrons. The molecule has 2 aromatic carbocycles. The fourth-order valence-electron chi connectivity index (χ4n) is 1.64. The zero-order chi connectivity index (χ0) is 15.9. The molecule has 2 N–H and O–H groups in total. The number of amides is 1. The van der Waals surface area contributed by atoms with Gasteiger partial charge in [0.05, 0.1) is 6.21 Å². The molecule has 0 heterocycles. The van der Waals surface area contributed by atoms with Crippen molar-refractivity contribution >= 4 is 28.1 Å². The molecule has 0 saturated carbocycles. The molecule has 0 spiro atoms. The minimum absolute atomic E-state index is 0.0785. The number of aromatic hydroxyl groups is 1. The average molecular weight is 363 g/mol. The number of hydrogen-bond donors (Lipinski definition) is 2. The maximum Gasteiger partial charge on any atom is 0.280 e. The van der Waals surface area contributed by atoms with Gasteiger partial charge in [-0.05, 0) is 37.3 Å². The summed E-state index contributed by atoms with van der Waals surface area (Å²) < 4.78 is 6.28. The summed E-state index contributed by atoms with van der Waals surface area (Å²) in [5.41, 5.74) is 2.87. The van der Waals surface area contributed by atoms with Gasteiger partial charge in [0.2, 0.25) is 0 Å². The molecular weight excluding hydrogens is 348 g/mol. The quantitative estimate of drug-likeness (QED) is 0.634. The number of phenols is 1. The number of nitrogens with zero attached hydrogens (tertiary/aromatic N) is 1. The van der Waals surface area contributed by atoms with Crippen LogP contribution in [-0.4, -0.2) is 23.3 Å². The summed E-state index contributed by atoms with van der Waals surface area (Å²) >= 11 is 3.30. The van der Waals surface area contributed by atoms with Crippen LogP contribution in [0, 0.1) is 0 Å². The van der Waals surface area contributed by atoms with E-state index in [2.05, 4.69) is 26.5 Å². The lowest BCUT2D eigenvalue weighted by Crippen LogP contribution is -2.33. The molecule has 0 unspecified atom stereocenters. The Hall–Kier alpha value is -2.34.